The lowest BCUT2D eigenvalue weighted by Crippen LogP contribution is -2.37. The Labute approximate surface area is 77.3 Å². The largest absolute Gasteiger partial charge is 0.521 e. The van der Waals surface area contributed by atoms with Crippen LogP contribution in [0.1, 0.15) is 0 Å². The van der Waals surface area contributed by atoms with E-state index >= 15 is 0 Å². The molecule has 0 heterocycles. The molecule has 0 bridgehead atoms. The number of hydrogen-bond acceptors (Lipinski definition) is 2. The molecule has 12 heavy (non-hydrogen) atoms. The lowest BCUT2D eigenvalue weighted by molar-refractivity contribution is 0.420. The average molecular weight is 198 g/mol. The Kier molecular flexibility index (Phi) is 3.08. The molecule has 2 nitrogen and oxygen atoms in total. The standard InChI is InChI=1S/C8H14O2Si2/c1-12(2,10-11)9-8-6-4-3-5-7-8/h3-7H,1-2,11H3. The zero-order valence-electron chi connectivity index (χ0n) is 7.70. The van der Waals surface area contributed by atoms with E-state index < -0.39 is 8.56 Å². The lowest BCUT2D eigenvalue weighted by Gasteiger charge is -2.21. The number of hydrogen-bond donors (Lipinski definition) is 0. The van der Waals surface area contributed by atoms with Gasteiger partial charge in [0.2, 0.25) is 0 Å². The summed E-state index contributed by atoms with van der Waals surface area (Å²) >= 11 is 0. The van der Waals surface area contributed by atoms with Gasteiger partial charge in [-0.2, -0.15) is 0 Å². The van der Waals surface area contributed by atoms with Gasteiger partial charge in [-0.15, -0.1) is 0 Å². The summed E-state index contributed by atoms with van der Waals surface area (Å²) in [4.78, 5) is 0. The van der Waals surface area contributed by atoms with E-state index in [2.05, 4.69) is 0 Å². The molecule has 66 valence electrons. The molecule has 0 amide bonds. The first-order chi connectivity index (χ1) is 5.64. The highest BCUT2D eigenvalue weighted by atomic mass is 28.4. The summed E-state index contributed by atoms with van der Waals surface area (Å²) in [6.07, 6.45) is 0. The Morgan fingerprint density at radius 2 is 1.75 bits per heavy atom. The topological polar surface area (TPSA) is 18.5 Å². The van der Waals surface area contributed by atoms with Crippen LogP contribution in [0, 0.1) is 0 Å². The molecule has 0 unspecified atom stereocenters. The van der Waals surface area contributed by atoms with Gasteiger partial charge in [0.05, 0.1) is 0 Å². The summed E-state index contributed by atoms with van der Waals surface area (Å²) in [6.45, 7) is 4.10. The fourth-order valence-corrected chi connectivity index (χ4v) is 1.85. The quantitative estimate of drug-likeness (QED) is 0.676. The SMILES string of the molecule is C[Si](C)(O[SiH3])Oc1ccccc1. The highest BCUT2D eigenvalue weighted by Crippen LogP contribution is 2.14. The second kappa shape index (κ2) is 3.88. The van der Waals surface area contributed by atoms with Crippen molar-refractivity contribution in [3.8, 4) is 5.75 Å². The maximum atomic E-state index is 5.70. The summed E-state index contributed by atoms with van der Waals surface area (Å²) in [5.74, 6) is 0.907. The van der Waals surface area contributed by atoms with E-state index in [9.17, 15) is 0 Å². The third kappa shape index (κ3) is 2.80. The highest BCUT2D eigenvalue weighted by Gasteiger charge is 2.23. The maximum absolute atomic E-state index is 5.70. The van der Waals surface area contributed by atoms with Crippen molar-refractivity contribution in [3.05, 3.63) is 30.3 Å². The molecule has 0 spiro atoms. The van der Waals surface area contributed by atoms with Crippen LogP contribution in [0.25, 0.3) is 0 Å². The zero-order chi connectivity index (χ0) is 9.03. The van der Waals surface area contributed by atoms with Gasteiger partial charge < -0.3 is 8.54 Å². The summed E-state index contributed by atoms with van der Waals surface area (Å²) < 4.78 is 11.1. The first-order valence-corrected chi connectivity index (χ1v) is 7.56. The van der Waals surface area contributed by atoms with Gasteiger partial charge in [0.15, 0.2) is 0 Å². The van der Waals surface area contributed by atoms with Gasteiger partial charge in [-0.25, -0.2) is 0 Å². The van der Waals surface area contributed by atoms with Crippen molar-refractivity contribution in [2.45, 2.75) is 13.1 Å². The molecule has 0 aliphatic rings. The van der Waals surface area contributed by atoms with Crippen molar-refractivity contribution in [2.24, 2.45) is 0 Å². The average Bonchev–Trinajstić information content (AvgIpc) is 2.06. The maximum Gasteiger partial charge on any atom is 0.381 e. The molecule has 0 N–H and O–H groups in total. The number of para-hydroxylation sites is 1. The molecule has 0 atom stereocenters. The summed E-state index contributed by atoms with van der Waals surface area (Å²) in [6, 6.07) is 9.81. The molecular formula is C8H14O2Si2. The van der Waals surface area contributed by atoms with Crippen molar-refractivity contribution in [1.82, 2.24) is 0 Å². The van der Waals surface area contributed by atoms with Crippen molar-refractivity contribution in [2.75, 3.05) is 0 Å². The normalized spacial score (nSPS) is 11.5. The Morgan fingerprint density at radius 1 is 1.17 bits per heavy atom. The Balaban J connectivity index is 2.64. The van der Waals surface area contributed by atoms with Gasteiger partial charge in [0, 0.05) is 0 Å². The zero-order valence-corrected chi connectivity index (χ0v) is 10.7. The van der Waals surface area contributed by atoms with Crippen LogP contribution in [0.3, 0.4) is 0 Å². The van der Waals surface area contributed by atoms with Crippen molar-refractivity contribution in [3.63, 3.8) is 0 Å². The second-order valence-corrected chi connectivity index (χ2v) is 7.66. The Bertz CT molecular complexity index is 236. The van der Waals surface area contributed by atoms with E-state index in [1.54, 1.807) is 0 Å². The molecule has 0 fully saturated rings. The first kappa shape index (κ1) is 9.50. The van der Waals surface area contributed by atoms with E-state index in [0.29, 0.717) is 0 Å². The minimum Gasteiger partial charge on any atom is -0.521 e. The molecule has 0 aliphatic heterocycles. The predicted octanol–water partition coefficient (Wildman–Crippen LogP) is 1.06. The van der Waals surface area contributed by atoms with Gasteiger partial charge >= 0.3 is 8.56 Å². The Morgan fingerprint density at radius 3 is 2.25 bits per heavy atom. The van der Waals surface area contributed by atoms with Crippen LogP contribution in [0.4, 0.5) is 0 Å². The monoisotopic (exact) mass is 198 g/mol. The Hall–Kier alpha value is -0.586. The predicted molar refractivity (Wildman–Crippen MR) is 55.6 cm³/mol. The minimum absolute atomic E-state index is 0.745. The van der Waals surface area contributed by atoms with Gasteiger partial charge in [0.1, 0.15) is 16.2 Å². The van der Waals surface area contributed by atoms with Gasteiger partial charge in [-0.1, -0.05) is 18.2 Å². The summed E-state index contributed by atoms with van der Waals surface area (Å²) in [5, 5.41) is 0. The van der Waals surface area contributed by atoms with Crippen LogP contribution in [0.15, 0.2) is 30.3 Å². The molecule has 0 aliphatic carbocycles. The second-order valence-electron chi connectivity index (χ2n) is 3.02. The third-order valence-corrected chi connectivity index (χ3v) is 6.26. The lowest BCUT2D eigenvalue weighted by atomic mass is 10.3. The molecule has 4 heteroatoms. The number of benzene rings is 1. The van der Waals surface area contributed by atoms with Crippen molar-refractivity contribution < 1.29 is 8.54 Å². The molecular weight excluding hydrogens is 184 g/mol. The van der Waals surface area contributed by atoms with E-state index in [-0.39, 0.29) is 0 Å². The molecule has 1 rings (SSSR count). The van der Waals surface area contributed by atoms with Gasteiger partial charge in [-0.05, 0) is 25.2 Å². The van der Waals surface area contributed by atoms with Gasteiger partial charge in [-0.3, -0.25) is 0 Å². The van der Waals surface area contributed by atoms with Crippen molar-refractivity contribution in [1.29, 1.82) is 0 Å². The fourth-order valence-electron chi connectivity index (χ4n) is 0.814. The highest BCUT2D eigenvalue weighted by molar-refractivity contribution is 6.68. The first-order valence-electron chi connectivity index (χ1n) is 3.93. The molecule has 0 radical (unpaired) electrons. The minimum atomic E-state index is -1.86. The van der Waals surface area contributed by atoms with E-state index in [1.165, 1.54) is 0 Å². The number of rotatable bonds is 3. The van der Waals surface area contributed by atoms with E-state index in [4.69, 9.17) is 8.54 Å². The van der Waals surface area contributed by atoms with Crippen molar-refractivity contribution >= 4 is 19.0 Å². The smallest absolute Gasteiger partial charge is 0.381 e. The van der Waals surface area contributed by atoms with Gasteiger partial charge in [0.25, 0.3) is 0 Å². The molecule has 0 saturated carbocycles. The van der Waals surface area contributed by atoms with Crippen LogP contribution in [-0.4, -0.2) is 19.0 Å². The molecule has 0 aromatic heterocycles. The molecule has 1 aromatic carbocycles. The summed E-state index contributed by atoms with van der Waals surface area (Å²) in [7, 11) is -1.11. The molecule has 1 aromatic rings. The molecule has 0 saturated heterocycles. The van der Waals surface area contributed by atoms with Crippen LogP contribution in [0.5, 0.6) is 5.75 Å². The third-order valence-electron chi connectivity index (χ3n) is 1.60. The van der Waals surface area contributed by atoms with Crippen LogP contribution in [0.2, 0.25) is 13.1 Å². The van der Waals surface area contributed by atoms with Crippen LogP contribution in [-0.2, 0) is 4.12 Å². The van der Waals surface area contributed by atoms with Crippen LogP contribution < -0.4 is 4.43 Å². The van der Waals surface area contributed by atoms with Crippen LogP contribution >= 0.6 is 0 Å². The summed E-state index contributed by atoms with van der Waals surface area (Å²) in [5.41, 5.74) is 0. The van der Waals surface area contributed by atoms with E-state index in [0.717, 1.165) is 16.2 Å². The fraction of sp³-hybridized carbons (Fsp3) is 0.250. The van der Waals surface area contributed by atoms with E-state index in [1.807, 2.05) is 43.4 Å².